The molecule has 1 aliphatic rings. The molecule has 0 aromatic heterocycles. The van der Waals surface area contributed by atoms with Gasteiger partial charge in [-0.3, -0.25) is 0 Å². The molecule has 5 nitrogen and oxygen atoms in total. The zero-order valence-corrected chi connectivity index (χ0v) is 20.7. The fourth-order valence-corrected chi connectivity index (χ4v) is 6.18. The molecule has 0 aromatic carbocycles. The maximum absolute atomic E-state index is 6.09. The van der Waals surface area contributed by atoms with E-state index in [1.807, 2.05) is 0 Å². The van der Waals surface area contributed by atoms with Crippen LogP contribution in [0.4, 0.5) is 0 Å². The molecule has 0 aliphatic carbocycles. The van der Waals surface area contributed by atoms with Gasteiger partial charge in [-0.05, 0) is 26.2 Å². The minimum Gasteiger partial charge on any atom is -1.00 e. The molecule has 0 bridgehead atoms. The predicted octanol–water partition coefficient (Wildman–Crippen LogP) is -4.80. The number of hydrogen-bond acceptors (Lipinski definition) is 5. The van der Waals surface area contributed by atoms with Crippen molar-refractivity contribution in [1.29, 1.82) is 0 Å². The van der Waals surface area contributed by atoms with E-state index in [1.165, 1.54) is 0 Å². The van der Waals surface area contributed by atoms with Gasteiger partial charge in [-0.1, -0.05) is 0 Å². The molecule has 0 N–H and O–H groups in total. The van der Waals surface area contributed by atoms with E-state index >= 15 is 0 Å². The predicted molar refractivity (Wildman–Crippen MR) is 85.1 cm³/mol. The Bertz CT molecular complexity index is 240. The standard InChI is InChI=1S/C12H28O5Si2.2BrH.Mg/c1-18(2)16-11-9-14-7-5-13-6-8-15-10-12-17-19(18,3)4;;;/h5-12H2,1-4H3;2*1H;/q;;;+2/p-2. The summed E-state index contributed by atoms with van der Waals surface area (Å²) in [5, 5.41) is 0. The van der Waals surface area contributed by atoms with Crippen LogP contribution in [0.1, 0.15) is 0 Å². The molecule has 1 fully saturated rings. The van der Waals surface area contributed by atoms with Crippen LogP contribution in [0.15, 0.2) is 0 Å². The summed E-state index contributed by atoms with van der Waals surface area (Å²) in [4.78, 5) is 0. The van der Waals surface area contributed by atoms with E-state index in [0.29, 0.717) is 52.9 Å². The summed E-state index contributed by atoms with van der Waals surface area (Å²) in [5.41, 5.74) is 0. The van der Waals surface area contributed by atoms with Crippen LogP contribution in [0, 0.1) is 0 Å². The van der Waals surface area contributed by atoms with Crippen molar-refractivity contribution in [2.75, 3.05) is 52.9 Å². The second kappa shape index (κ2) is 15.2. The molecule has 1 rings (SSSR count). The van der Waals surface area contributed by atoms with Crippen molar-refractivity contribution in [3.8, 4) is 0 Å². The van der Waals surface area contributed by atoms with Gasteiger partial charge in [-0.25, -0.2) is 0 Å². The largest absolute Gasteiger partial charge is 2.00 e. The normalized spacial score (nSPS) is 23.5. The van der Waals surface area contributed by atoms with Crippen molar-refractivity contribution < 1.29 is 57.0 Å². The third-order valence-corrected chi connectivity index (χ3v) is 17.9. The van der Waals surface area contributed by atoms with Crippen LogP contribution in [0.3, 0.4) is 0 Å². The number of rotatable bonds is 0. The van der Waals surface area contributed by atoms with Gasteiger partial charge in [-0.2, -0.15) is 0 Å². The van der Waals surface area contributed by atoms with Crippen molar-refractivity contribution in [2.24, 2.45) is 0 Å². The Morgan fingerprint density at radius 1 is 0.500 bits per heavy atom. The van der Waals surface area contributed by atoms with Crippen molar-refractivity contribution in [1.82, 2.24) is 0 Å². The molecule has 22 heavy (non-hydrogen) atoms. The minimum absolute atomic E-state index is 0. The van der Waals surface area contributed by atoms with E-state index < -0.39 is 15.7 Å². The zero-order chi connectivity index (χ0) is 14.2. The van der Waals surface area contributed by atoms with Gasteiger partial charge in [0, 0.05) is 0 Å². The fourth-order valence-electron chi connectivity index (χ4n) is 1.60. The molecular weight excluding hydrogens is 464 g/mol. The molecule has 0 unspecified atom stereocenters. The van der Waals surface area contributed by atoms with E-state index in [4.69, 9.17) is 23.1 Å². The number of halogens is 2. The Morgan fingerprint density at radius 2 is 0.727 bits per heavy atom. The smallest absolute Gasteiger partial charge is 1.00 e. The molecule has 130 valence electrons. The van der Waals surface area contributed by atoms with Crippen LogP contribution in [0.25, 0.3) is 0 Å². The zero-order valence-electron chi connectivity index (χ0n) is 14.2. The average Bonchev–Trinajstić information content (AvgIpc) is 2.34. The molecular formula is C12H28Br2MgO5Si2. The third-order valence-electron chi connectivity index (χ3n) is 3.58. The van der Waals surface area contributed by atoms with Gasteiger partial charge in [0.25, 0.3) is 0 Å². The van der Waals surface area contributed by atoms with Gasteiger partial charge in [0.2, 0.25) is 15.7 Å². The Labute approximate surface area is 173 Å². The van der Waals surface area contributed by atoms with Crippen LogP contribution in [-0.4, -0.2) is 91.6 Å². The molecule has 1 heterocycles. The van der Waals surface area contributed by atoms with Gasteiger partial charge in [0.1, 0.15) is 0 Å². The molecule has 0 spiro atoms. The quantitative estimate of drug-likeness (QED) is 0.318. The van der Waals surface area contributed by atoms with Gasteiger partial charge in [0.15, 0.2) is 0 Å². The van der Waals surface area contributed by atoms with Crippen LogP contribution in [0.5, 0.6) is 0 Å². The van der Waals surface area contributed by atoms with Crippen LogP contribution >= 0.6 is 0 Å². The molecule has 0 radical (unpaired) electrons. The first-order valence-corrected chi connectivity index (χ1v) is 13.8. The molecule has 10 heteroatoms. The van der Waals surface area contributed by atoms with E-state index in [0.717, 1.165) is 0 Å². The Balaban J connectivity index is -0.00000120. The second-order valence-corrected chi connectivity index (χ2v) is 19.4. The number of ether oxygens (including phenoxy) is 3. The van der Waals surface area contributed by atoms with Crippen molar-refractivity contribution in [2.45, 2.75) is 26.2 Å². The Morgan fingerprint density at radius 3 is 1.00 bits per heavy atom. The Hall–Kier alpha value is 1.96. The summed E-state index contributed by atoms with van der Waals surface area (Å²) < 4.78 is 28.5. The van der Waals surface area contributed by atoms with Gasteiger partial charge < -0.3 is 57.0 Å². The summed E-state index contributed by atoms with van der Waals surface area (Å²) in [6, 6.07) is 0. The molecule has 1 saturated heterocycles. The topological polar surface area (TPSA) is 46.2 Å². The van der Waals surface area contributed by atoms with Crippen molar-refractivity contribution >= 4 is 38.7 Å². The van der Waals surface area contributed by atoms with E-state index in [1.54, 1.807) is 0 Å². The SMILES string of the molecule is C[Si]1(C)OCCOCCOCCOCCO[Si]1(C)C.[Br-].[Br-].[Mg+2]. The first kappa shape index (κ1) is 28.8. The third kappa shape index (κ3) is 11.5. The number of hydrogen-bond donors (Lipinski definition) is 0. The summed E-state index contributed by atoms with van der Waals surface area (Å²) in [6.45, 7) is 13.9. The summed E-state index contributed by atoms with van der Waals surface area (Å²) in [5.74, 6) is 0. The van der Waals surface area contributed by atoms with E-state index in [2.05, 4.69) is 26.2 Å². The molecule has 0 saturated carbocycles. The maximum atomic E-state index is 6.09. The van der Waals surface area contributed by atoms with Crippen molar-refractivity contribution in [3.63, 3.8) is 0 Å². The molecule has 0 amide bonds. The maximum Gasteiger partial charge on any atom is 2.00 e. The summed E-state index contributed by atoms with van der Waals surface area (Å²) in [7, 11) is -3.57. The average molecular weight is 493 g/mol. The molecule has 0 aromatic rings. The first-order chi connectivity index (χ1) is 8.96. The van der Waals surface area contributed by atoms with E-state index in [9.17, 15) is 0 Å². The van der Waals surface area contributed by atoms with Gasteiger partial charge >= 0.3 is 23.1 Å². The van der Waals surface area contributed by atoms with Crippen LogP contribution in [0.2, 0.25) is 26.2 Å². The molecule has 0 atom stereocenters. The minimum atomic E-state index is -1.79. The van der Waals surface area contributed by atoms with E-state index in [-0.39, 0.29) is 57.0 Å². The van der Waals surface area contributed by atoms with Gasteiger partial charge in [-0.15, -0.1) is 0 Å². The second-order valence-electron chi connectivity index (χ2n) is 5.55. The van der Waals surface area contributed by atoms with Gasteiger partial charge in [0.05, 0.1) is 52.9 Å². The van der Waals surface area contributed by atoms with Crippen molar-refractivity contribution in [3.05, 3.63) is 0 Å². The fraction of sp³-hybridized carbons (Fsp3) is 1.00. The van der Waals surface area contributed by atoms with Crippen LogP contribution < -0.4 is 34.0 Å². The summed E-state index contributed by atoms with van der Waals surface area (Å²) in [6.07, 6.45) is 0. The summed E-state index contributed by atoms with van der Waals surface area (Å²) >= 11 is 0. The monoisotopic (exact) mass is 490 g/mol. The molecule has 1 aliphatic heterocycles. The Kier molecular flexibility index (Phi) is 19.9. The first-order valence-electron chi connectivity index (χ1n) is 6.97. The van der Waals surface area contributed by atoms with Crippen LogP contribution in [-0.2, 0) is 23.1 Å².